The van der Waals surface area contributed by atoms with Crippen LogP contribution in [0.5, 0.6) is 0 Å². The first-order valence-electron chi connectivity index (χ1n) is 5.88. The Labute approximate surface area is 109 Å². The van der Waals surface area contributed by atoms with Gasteiger partial charge in [-0.05, 0) is 37.6 Å². The molecule has 1 aliphatic heterocycles. The zero-order valence-corrected chi connectivity index (χ0v) is 11.1. The standard InChI is InChI=1S/C13H20N2O.ClH/c1-15(13-6-8-16-9-7-13)10-11-2-4-12(14)5-3-11;/h2-5,13H,6-10,14H2,1H3;1H. The Morgan fingerprint density at radius 2 is 1.82 bits per heavy atom. The fourth-order valence-corrected chi connectivity index (χ4v) is 2.17. The van der Waals surface area contributed by atoms with E-state index < -0.39 is 0 Å². The van der Waals surface area contributed by atoms with Crippen LogP contribution in [0.2, 0.25) is 0 Å². The van der Waals surface area contributed by atoms with Gasteiger partial charge in [-0.1, -0.05) is 12.1 Å². The Bertz CT molecular complexity index is 323. The molecule has 0 aliphatic carbocycles. The maximum atomic E-state index is 5.67. The maximum Gasteiger partial charge on any atom is 0.0480 e. The van der Waals surface area contributed by atoms with Gasteiger partial charge >= 0.3 is 0 Å². The molecule has 96 valence electrons. The van der Waals surface area contributed by atoms with Gasteiger partial charge in [-0.2, -0.15) is 0 Å². The minimum atomic E-state index is 0. The van der Waals surface area contributed by atoms with Gasteiger partial charge in [0, 0.05) is 31.5 Å². The third-order valence-electron chi connectivity index (χ3n) is 3.23. The third-order valence-corrected chi connectivity index (χ3v) is 3.23. The van der Waals surface area contributed by atoms with E-state index in [4.69, 9.17) is 10.5 Å². The maximum absolute atomic E-state index is 5.67. The van der Waals surface area contributed by atoms with E-state index in [1.54, 1.807) is 0 Å². The zero-order chi connectivity index (χ0) is 11.4. The molecule has 1 aliphatic rings. The molecule has 0 spiro atoms. The molecule has 1 heterocycles. The number of halogens is 1. The number of nitrogens with two attached hydrogens (primary N) is 1. The Morgan fingerprint density at radius 3 is 2.41 bits per heavy atom. The van der Waals surface area contributed by atoms with E-state index in [0.29, 0.717) is 6.04 Å². The monoisotopic (exact) mass is 256 g/mol. The quantitative estimate of drug-likeness (QED) is 0.844. The summed E-state index contributed by atoms with van der Waals surface area (Å²) in [6.07, 6.45) is 2.29. The number of hydrogen-bond donors (Lipinski definition) is 1. The third kappa shape index (κ3) is 4.19. The number of rotatable bonds is 3. The molecule has 1 fully saturated rings. The van der Waals surface area contributed by atoms with Crippen LogP contribution in [0.1, 0.15) is 18.4 Å². The number of hydrogen-bond acceptors (Lipinski definition) is 3. The molecule has 2 rings (SSSR count). The van der Waals surface area contributed by atoms with E-state index in [0.717, 1.165) is 38.3 Å². The number of benzene rings is 1. The molecule has 1 aromatic rings. The lowest BCUT2D eigenvalue weighted by Gasteiger charge is -2.31. The van der Waals surface area contributed by atoms with Crippen molar-refractivity contribution in [2.45, 2.75) is 25.4 Å². The molecule has 0 aromatic heterocycles. The molecule has 17 heavy (non-hydrogen) atoms. The highest BCUT2D eigenvalue weighted by Gasteiger charge is 2.18. The van der Waals surface area contributed by atoms with Gasteiger partial charge in [-0.15, -0.1) is 12.4 Å². The van der Waals surface area contributed by atoms with Crippen molar-refractivity contribution in [1.82, 2.24) is 4.90 Å². The number of nitrogen functional groups attached to an aromatic ring is 1. The van der Waals surface area contributed by atoms with Gasteiger partial charge in [-0.3, -0.25) is 4.90 Å². The van der Waals surface area contributed by atoms with Gasteiger partial charge in [0.1, 0.15) is 0 Å². The highest BCUT2D eigenvalue weighted by atomic mass is 35.5. The van der Waals surface area contributed by atoms with Crippen LogP contribution in [-0.4, -0.2) is 31.2 Å². The Balaban J connectivity index is 0.00000144. The van der Waals surface area contributed by atoms with Crippen molar-refractivity contribution in [3.63, 3.8) is 0 Å². The summed E-state index contributed by atoms with van der Waals surface area (Å²) < 4.78 is 5.37. The van der Waals surface area contributed by atoms with Gasteiger partial charge in [0.05, 0.1) is 0 Å². The molecule has 0 saturated carbocycles. The molecule has 0 amide bonds. The molecular weight excluding hydrogens is 236 g/mol. The van der Waals surface area contributed by atoms with Gasteiger partial charge in [0.15, 0.2) is 0 Å². The largest absolute Gasteiger partial charge is 0.399 e. The summed E-state index contributed by atoms with van der Waals surface area (Å²) in [5.74, 6) is 0. The predicted octanol–water partition coefficient (Wildman–Crippen LogP) is 2.30. The van der Waals surface area contributed by atoms with Crippen LogP contribution in [0.3, 0.4) is 0 Å². The fourth-order valence-electron chi connectivity index (χ4n) is 2.17. The second-order valence-corrected chi connectivity index (χ2v) is 4.50. The van der Waals surface area contributed by atoms with Crippen LogP contribution in [0.15, 0.2) is 24.3 Å². The number of ether oxygens (including phenoxy) is 1. The molecule has 0 unspecified atom stereocenters. The van der Waals surface area contributed by atoms with Crippen molar-refractivity contribution in [3.8, 4) is 0 Å². The Hall–Kier alpha value is -0.770. The normalized spacial score (nSPS) is 16.8. The Kier molecular flexibility index (Phi) is 5.75. The van der Waals surface area contributed by atoms with Crippen molar-refractivity contribution in [3.05, 3.63) is 29.8 Å². The molecule has 3 nitrogen and oxygen atoms in total. The van der Waals surface area contributed by atoms with Crippen molar-refractivity contribution in [2.75, 3.05) is 26.0 Å². The first-order chi connectivity index (χ1) is 7.75. The average molecular weight is 257 g/mol. The summed E-state index contributed by atoms with van der Waals surface area (Å²) >= 11 is 0. The van der Waals surface area contributed by atoms with Crippen molar-refractivity contribution in [2.24, 2.45) is 0 Å². The smallest absolute Gasteiger partial charge is 0.0480 e. The molecular formula is C13H21ClN2O. The van der Waals surface area contributed by atoms with Crippen molar-refractivity contribution in [1.29, 1.82) is 0 Å². The van der Waals surface area contributed by atoms with Crippen LogP contribution in [-0.2, 0) is 11.3 Å². The fraction of sp³-hybridized carbons (Fsp3) is 0.538. The first kappa shape index (κ1) is 14.3. The van der Waals surface area contributed by atoms with Gasteiger partial charge < -0.3 is 10.5 Å². The zero-order valence-electron chi connectivity index (χ0n) is 10.3. The lowest BCUT2D eigenvalue weighted by Crippen LogP contribution is -2.36. The lowest BCUT2D eigenvalue weighted by molar-refractivity contribution is 0.0407. The van der Waals surface area contributed by atoms with E-state index in [2.05, 4.69) is 24.1 Å². The van der Waals surface area contributed by atoms with E-state index >= 15 is 0 Å². The second kappa shape index (κ2) is 6.84. The summed E-state index contributed by atoms with van der Waals surface area (Å²) in [6.45, 7) is 2.79. The van der Waals surface area contributed by atoms with Crippen LogP contribution in [0.4, 0.5) is 5.69 Å². The highest BCUT2D eigenvalue weighted by Crippen LogP contribution is 2.16. The average Bonchev–Trinajstić information content (AvgIpc) is 2.33. The topological polar surface area (TPSA) is 38.5 Å². The van der Waals surface area contributed by atoms with Gasteiger partial charge in [0.25, 0.3) is 0 Å². The lowest BCUT2D eigenvalue weighted by atomic mass is 10.1. The van der Waals surface area contributed by atoms with Gasteiger partial charge in [-0.25, -0.2) is 0 Å². The second-order valence-electron chi connectivity index (χ2n) is 4.50. The van der Waals surface area contributed by atoms with Crippen molar-refractivity contribution >= 4 is 18.1 Å². The first-order valence-corrected chi connectivity index (χ1v) is 5.88. The number of anilines is 1. The van der Waals surface area contributed by atoms with Crippen molar-refractivity contribution < 1.29 is 4.74 Å². The minimum Gasteiger partial charge on any atom is -0.399 e. The van der Waals surface area contributed by atoms with Crippen LogP contribution in [0.25, 0.3) is 0 Å². The van der Waals surface area contributed by atoms with Crippen LogP contribution < -0.4 is 5.73 Å². The molecule has 4 heteroatoms. The molecule has 0 atom stereocenters. The summed E-state index contributed by atoms with van der Waals surface area (Å²) in [5.41, 5.74) is 7.82. The highest BCUT2D eigenvalue weighted by molar-refractivity contribution is 5.85. The predicted molar refractivity (Wildman–Crippen MR) is 73.4 cm³/mol. The summed E-state index contributed by atoms with van der Waals surface area (Å²) in [6, 6.07) is 8.79. The summed E-state index contributed by atoms with van der Waals surface area (Å²) in [4.78, 5) is 2.41. The molecule has 1 aromatic carbocycles. The van der Waals surface area contributed by atoms with Crippen LogP contribution in [0, 0.1) is 0 Å². The van der Waals surface area contributed by atoms with E-state index in [-0.39, 0.29) is 12.4 Å². The number of nitrogens with zero attached hydrogens (tertiary/aromatic N) is 1. The molecule has 1 saturated heterocycles. The molecule has 0 radical (unpaired) electrons. The minimum absolute atomic E-state index is 0. The summed E-state index contributed by atoms with van der Waals surface area (Å²) in [7, 11) is 2.19. The SMILES string of the molecule is CN(Cc1ccc(N)cc1)C1CCOCC1.Cl. The van der Waals surface area contributed by atoms with E-state index in [1.165, 1.54) is 5.56 Å². The summed E-state index contributed by atoms with van der Waals surface area (Å²) in [5, 5.41) is 0. The van der Waals surface area contributed by atoms with E-state index in [1.807, 2.05) is 12.1 Å². The van der Waals surface area contributed by atoms with E-state index in [9.17, 15) is 0 Å². The van der Waals surface area contributed by atoms with Gasteiger partial charge in [0.2, 0.25) is 0 Å². The van der Waals surface area contributed by atoms with Crippen LogP contribution >= 0.6 is 12.4 Å². The molecule has 2 N–H and O–H groups in total. The molecule has 0 bridgehead atoms. The Morgan fingerprint density at radius 1 is 1.24 bits per heavy atom.